The summed E-state index contributed by atoms with van der Waals surface area (Å²) in [6.07, 6.45) is 0.573. The fraction of sp³-hybridized carbons (Fsp3) is 0.238. The Labute approximate surface area is 153 Å². The van der Waals surface area contributed by atoms with E-state index in [1.807, 2.05) is 25.1 Å². The molecule has 0 bridgehead atoms. The van der Waals surface area contributed by atoms with Crippen LogP contribution in [0.1, 0.15) is 22.4 Å². The van der Waals surface area contributed by atoms with E-state index in [2.05, 4.69) is 46.6 Å². The van der Waals surface area contributed by atoms with Gasteiger partial charge in [-0.15, -0.1) is 0 Å². The minimum atomic E-state index is -0.184. The number of nitrogens with one attached hydrogen (secondary N) is 2. The van der Waals surface area contributed by atoms with Gasteiger partial charge in [-0.05, 0) is 50.5 Å². The van der Waals surface area contributed by atoms with Crippen LogP contribution in [0.3, 0.4) is 0 Å². The Kier molecular flexibility index (Phi) is 5.46. The Hall–Kier alpha value is -2.95. The first-order valence-corrected chi connectivity index (χ1v) is 8.68. The summed E-state index contributed by atoms with van der Waals surface area (Å²) < 4.78 is 13.7. The van der Waals surface area contributed by atoms with Gasteiger partial charge in [0.1, 0.15) is 11.6 Å². The zero-order chi connectivity index (χ0) is 18.5. The number of aryl methyl sites for hydroxylation is 3. The Balaban J connectivity index is 1.68. The second kappa shape index (κ2) is 7.95. The van der Waals surface area contributed by atoms with Gasteiger partial charge in [0.25, 0.3) is 0 Å². The highest BCUT2D eigenvalue weighted by Gasteiger charge is 2.06. The van der Waals surface area contributed by atoms with E-state index in [0.29, 0.717) is 24.5 Å². The van der Waals surface area contributed by atoms with Crippen LogP contribution in [-0.2, 0) is 6.42 Å². The van der Waals surface area contributed by atoms with E-state index in [4.69, 9.17) is 0 Å². The summed E-state index contributed by atoms with van der Waals surface area (Å²) in [6.45, 7) is 6.63. The average molecular weight is 350 g/mol. The molecule has 0 amide bonds. The van der Waals surface area contributed by atoms with Crippen LogP contribution in [0.2, 0.25) is 0 Å². The summed E-state index contributed by atoms with van der Waals surface area (Å²) >= 11 is 0. The molecule has 0 saturated carbocycles. The van der Waals surface area contributed by atoms with Crippen molar-refractivity contribution < 1.29 is 4.39 Å². The first kappa shape index (κ1) is 17.9. The molecule has 0 aliphatic rings. The number of aromatic nitrogens is 2. The molecule has 1 heterocycles. The molecule has 3 rings (SSSR count). The molecular weight excluding hydrogens is 327 g/mol. The molecule has 0 atom stereocenters. The minimum absolute atomic E-state index is 0.184. The third kappa shape index (κ3) is 4.57. The fourth-order valence-electron chi connectivity index (χ4n) is 2.81. The first-order valence-electron chi connectivity index (χ1n) is 8.68. The van der Waals surface area contributed by atoms with Crippen LogP contribution in [0, 0.1) is 26.6 Å². The number of rotatable bonds is 6. The van der Waals surface area contributed by atoms with Crippen molar-refractivity contribution in [1.29, 1.82) is 0 Å². The van der Waals surface area contributed by atoms with Crippen LogP contribution in [0.5, 0.6) is 0 Å². The highest BCUT2D eigenvalue weighted by atomic mass is 19.1. The van der Waals surface area contributed by atoms with E-state index < -0.39 is 0 Å². The normalized spacial score (nSPS) is 10.6. The summed E-state index contributed by atoms with van der Waals surface area (Å²) in [6, 6.07) is 15.0. The maximum atomic E-state index is 13.7. The number of hydrogen-bond acceptors (Lipinski definition) is 4. The predicted molar refractivity (Wildman–Crippen MR) is 105 cm³/mol. The standard InChI is InChI=1S/C21H23FN4/c1-14-8-9-19(15(2)12-14)25-20-13-16(3)24-21(26-20)23-11-10-17-6-4-5-7-18(17)22/h4-9,12-13H,10-11H2,1-3H3,(H2,23,24,25,26). The maximum absolute atomic E-state index is 13.7. The average Bonchev–Trinajstić information content (AvgIpc) is 2.59. The minimum Gasteiger partial charge on any atom is -0.354 e. The number of halogens is 1. The lowest BCUT2D eigenvalue weighted by atomic mass is 10.1. The SMILES string of the molecule is Cc1ccc(Nc2cc(C)nc(NCCc3ccccc3F)n2)c(C)c1. The van der Waals surface area contributed by atoms with Crippen molar-refractivity contribution in [2.24, 2.45) is 0 Å². The van der Waals surface area contributed by atoms with Crippen LogP contribution < -0.4 is 10.6 Å². The van der Waals surface area contributed by atoms with Gasteiger partial charge in [-0.3, -0.25) is 0 Å². The zero-order valence-corrected chi connectivity index (χ0v) is 15.3. The van der Waals surface area contributed by atoms with Gasteiger partial charge in [-0.25, -0.2) is 9.37 Å². The number of benzene rings is 2. The van der Waals surface area contributed by atoms with Crippen LogP contribution in [0.15, 0.2) is 48.5 Å². The van der Waals surface area contributed by atoms with E-state index in [-0.39, 0.29) is 5.82 Å². The quantitative estimate of drug-likeness (QED) is 0.661. The predicted octanol–water partition coefficient (Wildman–Crippen LogP) is 4.94. The van der Waals surface area contributed by atoms with Crippen LogP contribution in [0.25, 0.3) is 0 Å². The molecule has 134 valence electrons. The van der Waals surface area contributed by atoms with E-state index in [9.17, 15) is 4.39 Å². The molecule has 26 heavy (non-hydrogen) atoms. The van der Waals surface area contributed by atoms with Gasteiger partial charge in [0.2, 0.25) is 5.95 Å². The van der Waals surface area contributed by atoms with Crippen molar-refractivity contribution in [2.45, 2.75) is 27.2 Å². The Morgan fingerprint density at radius 2 is 1.77 bits per heavy atom. The van der Waals surface area contributed by atoms with Crippen molar-refractivity contribution >= 4 is 17.5 Å². The third-order valence-corrected chi connectivity index (χ3v) is 4.13. The van der Waals surface area contributed by atoms with Gasteiger partial charge in [-0.2, -0.15) is 4.98 Å². The molecule has 3 aromatic rings. The van der Waals surface area contributed by atoms with Crippen molar-refractivity contribution in [1.82, 2.24) is 9.97 Å². The fourth-order valence-corrected chi connectivity index (χ4v) is 2.81. The van der Waals surface area contributed by atoms with Crippen LogP contribution >= 0.6 is 0 Å². The van der Waals surface area contributed by atoms with Gasteiger partial charge in [0.05, 0.1) is 0 Å². The molecule has 0 unspecified atom stereocenters. The van der Waals surface area contributed by atoms with Gasteiger partial charge in [0, 0.05) is 24.0 Å². The Bertz CT molecular complexity index is 908. The maximum Gasteiger partial charge on any atom is 0.224 e. The molecule has 0 radical (unpaired) electrons. The van der Waals surface area contributed by atoms with Gasteiger partial charge >= 0.3 is 0 Å². The van der Waals surface area contributed by atoms with Gasteiger partial charge < -0.3 is 10.6 Å². The third-order valence-electron chi connectivity index (χ3n) is 4.13. The van der Waals surface area contributed by atoms with Gasteiger partial charge in [0.15, 0.2) is 0 Å². The number of nitrogens with zero attached hydrogens (tertiary/aromatic N) is 2. The molecule has 4 nitrogen and oxygen atoms in total. The van der Waals surface area contributed by atoms with Crippen LogP contribution in [0.4, 0.5) is 21.8 Å². The second-order valence-electron chi connectivity index (χ2n) is 6.43. The molecule has 0 aliphatic heterocycles. The van der Waals surface area contributed by atoms with Crippen molar-refractivity contribution in [3.05, 3.63) is 76.7 Å². The van der Waals surface area contributed by atoms with E-state index in [1.54, 1.807) is 12.1 Å². The Morgan fingerprint density at radius 1 is 0.962 bits per heavy atom. The largest absolute Gasteiger partial charge is 0.354 e. The molecule has 1 aromatic heterocycles. The summed E-state index contributed by atoms with van der Waals surface area (Å²) in [7, 11) is 0. The molecule has 0 fully saturated rings. The lowest BCUT2D eigenvalue weighted by Crippen LogP contribution is -2.10. The van der Waals surface area contributed by atoms with E-state index >= 15 is 0 Å². The molecule has 0 aliphatic carbocycles. The lowest BCUT2D eigenvalue weighted by Gasteiger charge is -2.12. The van der Waals surface area contributed by atoms with Crippen molar-refractivity contribution in [3.8, 4) is 0 Å². The van der Waals surface area contributed by atoms with Gasteiger partial charge in [-0.1, -0.05) is 35.9 Å². The highest BCUT2D eigenvalue weighted by molar-refractivity contribution is 5.61. The second-order valence-corrected chi connectivity index (χ2v) is 6.43. The lowest BCUT2D eigenvalue weighted by molar-refractivity contribution is 0.610. The summed E-state index contributed by atoms with van der Waals surface area (Å²) in [5.74, 6) is 1.09. The molecule has 2 N–H and O–H groups in total. The summed E-state index contributed by atoms with van der Waals surface area (Å²) in [5.41, 5.74) is 4.95. The molecule has 2 aromatic carbocycles. The van der Waals surface area contributed by atoms with Crippen LogP contribution in [-0.4, -0.2) is 16.5 Å². The van der Waals surface area contributed by atoms with Crippen molar-refractivity contribution in [2.75, 3.05) is 17.2 Å². The highest BCUT2D eigenvalue weighted by Crippen LogP contribution is 2.21. The topological polar surface area (TPSA) is 49.8 Å². The first-order chi connectivity index (χ1) is 12.5. The number of hydrogen-bond donors (Lipinski definition) is 2. The zero-order valence-electron chi connectivity index (χ0n) is 15.3. The monoisotopic (exact) mass is 350 g/mol. The molecule has 5 heteroatoms. The number of anilines is 3. The molecular formula is C21H23FN4. The summed E-state index contributed by atoms with van der Waals surface area (Å²) in [4.78, 5) is 8.93. The molecule has 0 saturated heterocycles. The Morgan fingerprint density at radius 3 is 2.54 bits per heavy atom. The molecule has 0 spiro atoms. The van der Waals surface area contributed by atoms with E-state index in [0.717, 1.165) is 22.8 Å². The smallest absolute Gasteiger partial charge is 0.224 e. The summed E-state index contributed by atoms with van der Waals surface area (Å²) in [5, 5.41) is 6.53. The van der Waals surface area contributed by atoms with E-state index in [1.165, 1.54) is 11.6 Å². The van der Waals surface area contributed by atoms with Crippen molar-refractivity contribution in [3.63, 3.8) is 0 Å².